The third kappa shape index (κ3) is 3.26. The van der Waals surface area contributed by atoms with E-state index in [1.54, 1.807) is 0 Å². The van der Waals surface area contributed by atoms with E-state index in [4.69, 9.17) is 0 Å². The van der Waals surface area contributed by atoms with Crippen molar-refractivity contribution in [3.63, 3.8) is 0 Å². The average Bonchev–Trinajstić information content (AvgIpc) is 2.52. The number of thiazole rings is 1. The Labute approximate surface area is 95.5 Å². The van der Waals surface area contributed by atoms with Crippen molar-refractivity contribution in [2.45, 2.75) is 6.92 Å². The van der Waals surface area contributed by atoms with E-state index >= 15 is 0 Å². The van der Waals surface area contributed by atoms with Crippen molar-refractivity contribution in [1.82, 2.24) is 10.3 Å². The van der Waals surface area contributed by atoms with Crippen LogP contribution in [0.25, 0.3) is 0 Å². The van der Waals surface area contributed by atoms with Gasteiger partial charge in [-0.25, -0.2) is 4.98 Å². The van der Waals surface area contributed by atoms with Gasteiger partial charge in [-0.2, -0.15) is 0 Å². The summed E-state index contributed by atoms with van der Waals surface area (Å²) in [4.78, 5) is 17.3. The number of hydrogen-bond acceptors (Lipinski definition) is 4. The number of likely N-dealkylation sites (N-methyl/N-ethyl adjacent to an activating group) is 2. The summed E-state index contributed by atoms with van der Waals surface area (Å²) in [6, 6.07) is 0. The first-order valence-corrected chi connectivity index (χ1v) is 5.89. The molecule has 1 amide bonds. The van der Waals surface area contributed by atoms with Crippen LogP contribution in [0.4, 0.5) is 5.13 Å². The molecule has 0 fully saturated rings. The zero-order valence-corrected chi connectivity index (χ0v) is 10.5. The number of amides is 1. The minimum Gasteiger partial charge on any atom is -0.355 e. The summed E-state index contributed by atoms with van der Waals surface area (Å²) in [5.74, 6) is 0.0151. The third-order valence-corrected chi connectivity index (χ3v) is 3.21. The molecule has 0 atom stereocenters. The fraction of sp³-hybridized carbons (Fsp3) is 0.500. The molecule has 0 saturated carbocycles. The molecule has 0 unspecified atom stereocenters. The molecule has 0 aromatic carbocycles. The van der Waals surface area contributed by atoms with Crippen molar-refractivity contribution in [2.24, 2.45) is 0 Å². The summed E-state index contributed by atoms with van der Waals surface area (Å²) in [6.45, 7) is 2.90. The number of aromatic nitrogens is 1. The van der Waals surface area contributed by atoms with Crippen LogP contribution < -0.4 is 10.2 Å². The van der Waals surface area contributed by atoms with E-state index in [1.165, 1.54) is 11.3 Å². The lowest BCUT2D eigenvalue weighted by Crippen LogP contribution is -2.34. The number of hydrogen-bond donors (Lipinski definition) is 1. The molecule has 4 nitrogen and oxygen atoms in total. The van der Waals surface area contributed by atoms with E-state index in [-0.39, 0.29) is 5.91 Å². The van der Waals surface area contributed by atoms with Crippen LogP contribution in [0.15, 0.2) is 9.98 Å². The van der Waals surface area contributed by atoms with Crippen LogP contribution >= 0.6 is 27.3 Å². The predicted octanol–water partition coefficient (Wildman–Crippen LogP) is 1.48. The monoisotopic (exact) mass is 277 g/mol. The molecule has 1 heterocycles. The van der Waals surface area contributed by atoms with Crippen LogP contribution in [0, 0.1) is 0 Å². The van der Waals surface area contributed by atoms with Crippen LogP contribution in [-0.2, 0) is 4.79 Å². The van der Waals surface area contributed by atoms with Crippen LogP contribution in [-0.4, -0.2) is 31.0 Å². The molecule has 0 aliphatic rings. The van der Waals surface area contributed by atoms with E-state index in [0.29, 0.717) is 13.1 Å². The van der Waals surface area contributed by atoms with Gasteiger partial charge in [-0.15, -0.1) is 11.3 Å². The second-order valence-corrected chi connectivity index (χ2v) is 4.41. The smallest absolute Gasteiger partial charge is 0.239 e. The van der Waals surface area contributed by atoms with Gasteiger partial charge in [0.2, 0.25) is 5.91 Å². The first-order valence-electron chi connectivity index (χ1n) is 4.22. The number of halogens is 1. The van der Waals surface area contributed by atoms with Crippen molar-refractivity contribution in [1.29, 1.82) is 0 Å². The predicted molar refractivity (Wildman–Crippen MR) is 61.8 cm³/mol. The number of anilines is 1. The van der Waals surface area contributed by atoms with E-state index < -0.39 is 0 Å². The minimum absolute atomic E-state index is 0.0151. The molecule has 6 heteroatoms. The van der Waals surface area contributed by atoms with Crippen molar-refractivity contribution in [3.05, 3.63) is 9.98 Å². The highest BCUT2D eigenvalue weighted by molar-refractivity contribution is 9.10. The van der Waals surface area contributed by atoms with Crippen LogP contribution in [0.2, 0.25) is 0 Å². The first-order chi connectivity index (χ1) is 6.63. The second kappa shape index (κ2) is 5.31. The molecule has 78 valence electrons. The van der Waals surface area contributed by atoms with Gasteiger partial charge in [-0.3, -0.25) is 4.79 Å². The van der Waals surface area contributed by atoms with E-state index in [9.17, 15) is 4.79 Å². The molecule has 0 radical (unpaired) electrons. The Balaban J connectivity index is 2.50. The number of nitrogens with one attached hydrogen (secondary N) is 1. The Bertz CT molecular complexity index is 315. The Morgan fingerprint density at radius 3 is 3.00 bits per heavy atom. The van der Waals surface area contributed by atoms with E-state index in [0.717, 1.165) is 9.73 Å². The van der Waals surface area contributed by atoms with Gasteiger partial charge in [0.1, 0.15) is 4.60 Å². The van der Waals surface area contributed by atoms with Crippen molar-refractivity contribution >= 4 is 38.3 Å². The summed E-state index contributed by atoms with van der Waals surface area (Å²) in [5.41, 5.74) is 0. The molecule has 0 aliphatic heterocycles. The van der Waals surface area contributed by atoms with Gasteiger partial charge in [0.05, 0.1) is 6.54 Å². The minimum atomic E-state index is 0.0151. The van der Waals surface area contributed by atoms with Gasteiger partial charge >= 0.3 is 0 Å². The van der Waals surface area contributed by atoms with Gasteiger partial charge in [0.15, 0.2) is 5.13 Å². The first kappa shape index (κ1) is 11.5. The maximum atomic E-state index is 11.2. The Kier molecular flexibility index (Phi) is 4.34. The molecule has 1 N–H and O–H groups in total. The zero-order chi connectivity index (χ0) is 10.6. The lowest BCUT2D eigenvalue weighted by molar-refractivity contribution is -0.119. The third-order valence-electron chi connectivity index (χ3n) is 1.55. The van der Waals surface area contributed by atoms with E-state index in [1.807, 2.05) is 24.3 Å². The summed E-state index contributed by atoms with van der Waals surface area (Å²) in [5, 5.41) is 5.47. The maximum absolute atomic E-state index is 11.2. The molecule has 0 saturated heterocycles. The Morgan fingerprint density at radius 1 is 1.79 bits per heavy atom. The summed E-state index contributed by atoms with van der Waals surface area (Å²) >= 11 is 4.78. The maximum Gasteiger partial charge on any atom is 0.239 e. The van der Waals surface area contributed by atoms with Crippen molar-refractivity contribution < 1.29 is 4.79 Å². The Morgan fingerprint density at radius 2 is 2.50 bits per heavy atom. The SMILES string of the molecule is CCNC(=O)CN(C)c1nc(Br)cs1. The number of carbonyl (C=O) groups is 1. The molecule has 0 aliphatic carbocycles. The van der Waals surface area contributed by atoms with Gasteiger partial charge in [-0.05, 0) is 22.9 Å². The van der Waals surface area contributed by atoms with Crippen molar-refractivity contribution in [2.75, 3.05) is 25.0 Å². The summed E-state index contributed by atoms with van der Waals surface area (Å²) in [6.07, 6.45) is 0. The zero-order valence-electron chi connectivity index (χ0n) is 8.08. The average molecular weight is 278 g/mol. The molecular weight excluding hydrogens is 266 g/mol. The topological polar surface area (TPSA) is 45.2 Å². The molecular formula is C8H12BrN3OS. The lowest BCUT2D eigenvalue weighted by atomic mass is 10.5. The molecule has 14 heavy (non-hydrogen) atoms. The van der Waals surface area contributed by atoms with Gasteiger partial charge in [0.25, 0.3) is 0 Å². The summed E-state index contributed by atoms with van der Waals surface area (Å²) in [7, 11) is 1.85. The lowest BCUT2D eigenvalue weighted by Gasteiger charge is -2.14. The molecule has 1 aromatic heterocycles. The number of rotatable bonds is 4. The highest BCUT2D eigenvalue weighted by Gasteiger charge is 2.09. The standard InChI is InChI=1S/C8H12BrN3OS/c1-3-10-7(13)4-12(2)8-11-6(9)5-14-8/h5H,3-4H2,1-2H3,(H,10,13). The molecule has 1 rings (SSSR count). The quantitative estimate of drug-likeness (QED) is 0.907. The van der Waals surface area contributed by atoms with Crippen LogP contribution in [0.3, 0.4) is 0 Å². The van der Waals surface area contributed by atoms with Crippen LogP contribution in [0.5, 0.6) is 0 Å². The number of nitrogens with zero attached hydrogens (tertiary/aromatic N) is 2. The fourth-order valence-corrected chi connectivity index (χ4v) is 2.17. The van der Waals surface area contributed by atoms with Crippen molar-refractivity contribution in [3.8, 4) is 0 Å². The van der Waals surface area contributed by atoms with Gasteiger partial charge in [0, 0.05) is 19.0 Å². The second-order valence-electron chi connectivity index (χ2n) is 2.76. The highest BCUT2D eigenvalue weighted by atomic mass is 79.9. The fourth-order valence-electron chi connectivity index (χ4n) is 0.957. The van der Waals surface area contributed by atoms with Gasteiger partial charge < -0.3 is 10.2 Å². The highest BCUT2D eigenvalue weighted by Crippen LogP contribution is 2.22. The van der Waals surface area contributed by atoms with E-state index in [2.05, 4.69) is 26.2 Å². The van der Waals surface area contributed by atoms with Crippen LogP contribution in [0.1, 0.15) is 6.92 Å². The summed E-state index contributed by atoms with van der Waals surface area (Å²) < 4.78 is 0.806. The number of carbonyl (C=O) groups excluding carboxylic acids is 1. The largest absolute Gasteiger partial charge is 0.355 e. The normalized spacial score (nSPS) is 9.93. The van der Waals surface area contributed by atoms with Gasteiger partial charge in [-0.1, -0.05) is 0 Å². The molecule has 0 bridgehead atoms. The Hall–Kier alpha value is -0.620. The molecule has 0 spiro atoms. The molecule has 1 aromatic rings.